The quantitative estimate of drug-likeness (QED) is 0.0353. The van der Waals surface area contributed by atoms with Crippen molar-refractivity contribution in [2.24, 2.45) is 5.92 Å². The van der Waals surface area contributed by atoms with Crippen molar-refractivity contribution in [3.8, 4) is 0 Å². The highest BCUT2D eigenvalue weighted by Gasteiger charge is 2.19. The van der Waals surface area contributed by atoms with Crippen molar-refractivity contribution in [3.05, 3.63) is 0 Å². The molecule has 0 aliphatic carbocycles. The zero-order chi connectivity index (χ0) is 53.7. The third kappa shape index (κ3) is 48.5. The predicted octanol–water partition coefficient (Wildman–Crippen LogP) is 16.3. The lowest BCUT2D eigenvalue weighted by atomic mass is 10.0. The lowest BCUT2D eigenvalue weighted by Crippen LogP contribution is -2.36. The van der Waals surface area contributed by atoms with Gasteiger partial charge in [0.15, 0.2) is 0 Å². The molecule has 0 aliphatic heterocycles. The highest BCUT2D eigenvalue weighted by Crippen LogP contribution is 2.21. The number of ether oxygens (including phenoxy) is 5. The van der Waals surface area contributed by atoms with Gasteiger partial charge in [0.25, 0.3) is 0 Å². The van der Waals surface area contributed by atoms with Crippen molar-refractivity contribution in [1.82, 2.24) is 10.2 Å². The molecule has 0 spiro atoms. The van der Waals surface area contributed by atoms with Crippen LogP contribution in [-0.4, -0.2) is 93.1 Å². The summed E-state index contributed by atoms with van der Waals surface area (Å²) in [6.45, 7) is 15.8. The van der Waals surface area contributed by atoms with Gasteiger partial charge in [-0.1, -0.05) is 196 Å². The fourth-order valence-corrected chi connectivity index (χ4v) is 9.22. The average Bonchev–Trinajstić information content (AvgIpc) is 3.38. The van der Waals surface area contributed by atoms with E-state index in [0.29, 0.717) is 38.8 Å². The molecule has 12 heteroatoms. The maximum Gasteiger partial charge on any atom is 0.407 e. The standard InChI is InChI=1S/C61H116N2O10/c1-7-13-17-21-25-33-41-55(42-34-26-22-18-14-8-2)72-59(66)47-39-31-29-37-45-57(64)69-51-54(53-71-61(68)62-49-50-63(11-5)12-6)52-70-58(65)46-38-30-32-40-48-60(67)73-56(43-35-27-23-19-15-9-3)44-36-28-24-20-16-10-4/h54-56H,7-53H2,1-6H3,(H,62,68). The van der Waals surface area contributed by atoms with Gasteiger partial charge < -0.3 is 33.9 Å². The van der Waals surface area contributed by atoms with Crippen molar-refractivity contribution in [1.29, 1.82) is 0 Å². The van der Waals surface area contributed by atoms with Gasteiger partial charge >= 0.3 is 30.0 Å². The van der Waals surface area contributed by atoms with Crippen LogP contribution in [0.4, 0.5) is 4.79 Å². The highest BCUT2D eigenvalue weighted by atomic mass is 16.6. The van der Waals surface area contributed by atoms with Crippen LogP contribution in [0.25, 0.3) is 0 Å². The number of carbonyl (C=O) groups is 5. The molecule has 0 rings (SSSR count). The predicted molar refractivity (Wildman–Crippen MR) is 300 cm³/mol. The Balaban J connectivity index is 4.83. The number of amides is 1. The average molecular weight is 1040 g/mol. The van der Waals surface area contributed by atoms with Gasteiger partial charge in [0.2, 0.25) is 0 Å². The van der Waals surface area contributed by atoms with Gasteiger partial charge in [-0.05, 0) is 90.1 Å². The first-order valence-corrected chi connectivity index (χ1v) is 30.9. The summed E-state index contributed by atoms with van der Waals surface area (Å²) in [7, 11) is 0. The molecule has 0 saturated carbocycles. The van der Waals surface area contributed by atoms with Gasteiger partial charge in [-0.2, -0.15) is 0 Å². The Morgan fingerprint density at radius 2 is 0.644 bits per heavy atom. The van der Waals surface area contributed by atoms with E-state index >= 15 is 0 Å². The van der Waals surface area contributed by atoms with E-state index in [4.69, 9.17) is 23.7 Å². The smallest absolute Gasteiger partial charge is 0.407 e. The largest absolute Gasteiger partial charge is 0.465 e. The van der Waals surface area contributed by atoms with Crippen molar-refractivity contribution in [2.75, 3.05) is 46.0 Å². The number of hydrogen-bond donors (Lipinski definition) is 1. The minimum absolute atomic E-state index is 0.0153. The minimum atomic E-state index is -0.570. The summed E-state index contributed by atoms with van der Waals surface area (Å²) in [4.78, 5) is 66.0. The number of nitrogens with zero attached hydrogens (tertiary/aromatic N) is 1. The molecule has 0 heterocycles. The van der Waals surface area contributed by atoms with E-state index in [1.807, 2.05) is 0 Å². The van der Waals surface area contributed by atoms with Crippen molar-refractivity contribution < 1.29 is 47.7 Å². The fraction of sp³-hybridized carbons (Fsp3) is 0.918. The van der Waals surface area contributed by atoms with Crippen LogP contribution < -0.4 is 5.32 Å². The van der Waals surface area contributed by atoms with Crippen molar-refractivity contribution in [3.63, 3.8) is 0 Å². The van der Waals surface area contributed by atoms with Crippen molar-refractivity contribution in [2.45, 2.75) is 311 Å². The zero-order valence-electron chi connectivity index (χ0n) is 48.5. The van der Waals surface area contributed by atoms with Crippen LogP contribution in [0.15, 0.2) is 0 Å². The maximum absolute atomic E-state index is 12.8. The number of alkyl carbamates (subject to hydrolysis) is 1. The summed E-state index contributed by atoms with van der Waals surface area (Å²) < 4.78 is 28.7. The molecule has 0 fully saturated rings. The minimum Gasteiger partial charge on any atom is -0.465 e. The zero-order valence-corrected chi connectivity index (χ0v) is 48.5. The second-order valence-electron chi connectivity index (χ2n) is 21.1. The molecular weight excluding hydrogens is 921 g/mol. The van der Waals surface area contributed by atoms with Crippen LogP contribution in [-0.2, 0) is 42.9 Å². The number of nitrogens with one attached hydrogen (secondary N) is 1. The molecule has 0 bridgehead atoms. The molecule has 0 aromatic carbocycles. The molecule has 430 valence electrons. The highest BCUT2D eigenvalue weighted by molar-refractivity contribution is 5.70. The summed E-state index contributed by atoms with van der Waals surface area (Å²) in [6.07, 6.45) is 40.0. The first-order chi connectivity index (χ1) is 35.6. The van der Waals surface area contributed by atoms with Crippen LogP contribution in [0.3, 0.4) is 0 Å². The van der Waals surface area contributed by atoms with E-state index in [0.717, 1.165) is 103 Å². The SMILES string of the molecule is CCCCCCCCC(CCCCCCCC)OC(=O)CCCCCCC(=O)OCC(COC(=O)CCCCCCC(=O)OC(CCCCCCCC)CCCCCCCC)COC(=O)NCCN(CC)CC. The first-order valence-electron chi connectivity index (χ1n) is 30.9. The molecule has 1 N–H and O–H groups in total. The second kappa shape index (κ2) is 53.9. The van der Waals surface area contributed by atoms with E-state index in [9.17, 15) is 24.0 Å². The van der Waals surface area contributed by atoms with E-state index in [1.165, 1.54) is 128 Å². The first kappa shape index (κ1) is 70.1. The number of likely N-dealkylation sites (N-methyl/N-ethyl adjacent to an activating group) is 1. The van der Waals surface area contributed by atoms with Gasteiger partial charge in [-0.25, -0.2) is 4.79 Å². The topological polar surface area (TPSA) is 147 Å². The lowest BCUT2D eigenvalue weighted by Gasteiger charge is -2.19. The van der Waals surface area contributed by atoms with Crippen LogP contribution in [0.1, 0.15) is 298 Å². The molecule has 0 atom stereocenters. The summed E-state index contributed by atoms with van der Waals surface area (Å²) in [5.74, 6) is -1.45. The number of rotatable bonds is 55. The summed E-state index contributed by atoms with van der Waals surface area (Å²) >= 11 is 0. The van der Waals surface area contributed by atoms with Gasteiger partial charge in [0.1, 0.15) is 32.0 Å². The number of esters is 4. The van der Waals surface area contributed by atoms with Gasteiger partial charge in [0, 0.05) is 38.8 Å². The third-order valence-electron chi connectivity index (χ3n) is 14.1. The molecule has 73 heavy (non-hydrogen) atoms. The summed E-state index contributed by atoms with van der Waals surface area (Å²) in [5, 5.41) is 2.77. The Bertz CT molecular complexity index is 1170. The molecule has 0 aromatic rings. The Kier molecular flexibility index (Phi) is 51.8. The second-order valence-corrected chi connectivity index (χ2v) is 21.1. The van der Waals surface area contributed by atoms with Gasteiger partial charge in [0.05, 0.1) is 5.92 Å². The number of unbranched alkanes of at least 4 members (excludes halogenated alkanes) is 26. The molecule has 12 nitrogen and oxygen atoms in total. The summed E-state index contributed by atoms with van der Waals surface area (Å²) in [6, 6.07) is 0. The number of carbonyl (C=O) groups excluding carboxylic acids is 5. The molecule has 0 aliphatic rings. The maximum atomic E-state index is 12.8. The Labute approximate surface area is 448 Å². The van der Waals surface area contributed by atoms with E-state index in [1.54, 1.807) is 0 Å². The Morgan fingerprint density at radius 3 is 0.973 bits per heavy atom. The third-order valence-corrected chi connectivity index (χ3v) is 14.1. The number of hydrogen-bond acceptors (Lipinski definition) is 11. The Morgan fingerprint density at radius 1 is 0.356 bits per heavy atom. The normalized spacial score (nSPS) is 11.5. The van der Waals surface area contributed by atoms with Gasteiger partial charge in [-0.3, -0.25) is 19.2 Å². The van der Waals surface area contributed by atoms with E-state index in [-0.39, 0.29) is 68.7 Å². The van der Waals surface area contributed by atoms with Crippen LogP contribution >= 0.6 is 0 Å². The van der Waals surface area contributed by atoms with Crippen molar-refractivity contribution >= 4 is 30.0 Å². The molecule has 0 unspecified atom stereocenters. The van der Waals surface area contributed by atoms with E-state index in [2.05, 4.69) is 51.8 Å². The fourth-order valence-electron chi connectivity index (χ4n) is 9.22. The van der Waals surface area contributed by atoms with Crippen LogP contribution in [0.2, 0.25) is 0 Å². The lowest BCUT2D eigenvalue weighted by molar-refractivity contribution is -0.151. The molecular formula is C61H116N2O10. The van der Waals surface area contributed by atoms with Gasteiger partial charge in [-0.15, -0.1) is 0 Å². The molecule has 0 radical (unpaired) electrons. The van der Waals surface area contributed by atoms with E-state index < -0.39 is 12.0 Å². The molecule has 0 aromatic heterocycles. The van der Waals surface area contributed by atoms with Crippen LogP contribution in [0.5, 0.6) is 0 Å². The monoisotopic (exact) mass is 1040 g/mol. The Hall–Kier alpha value is -2.89. The molecule has 1 amide bonds. The molecule has 0 saturated heterocycles. The van der Waals surface area contributed by atoms with Crippen LogP contribution in [0, 0.1) is 5.92 Å². The summed E-state index contributed by atoms with van der Waals surface area (Å²) in [5.41, 5.74) is 0.